The first-order valence-corrected chi connectivity index (χ1v) is 5.16. The quantitative estimate of drug-likeness (QED) is 0.729. The maximum absolute atomic E-state index is 13.6. The average Bonchev–Trinajstić information content (AvgIpc) is 2.25. The van der Waals surface area contributed by atoms with E-state index in [9.17, 15) is 17.6 Å². The van der Waals surface area contributed by atoms with E-state index in [1.165, 1.54) is 6.20 Å². The molecule has 1 aromatic heterocycles. The second kappa shape index (κ2) is 4.28. The lowest BCUT2D eigenvalue weighted by Crippen LogP contribution is -2.17. The highest BCUT2D eigenvalue weighted by molar-refractivity contribution is 6.36. The van der Waals surface area contributed by atoms with E-state index in [0.717, 1.165) is 12.1 Å². The minimum Gasteiger partial charge on any atom is -0.403 e. The van der Waals surface area contributed by atoms with Gasteiger partial charge in [-0.2, -0.15) is 0 Å². The smallest absolute Gasteiger partial charge is 0.403 e. The number of benzene rings is 1. The van der Waals surface area contributed by atoms with E-state index in [4.69, 9.17) is 11.6 Å². The molecule has 0 atom stereocenters. The summed E-state index contributed by atoms with van der Waals surface area (Å²) in [5, 5.41) is -0.163. The zero-order chi connectivity index (χ0) is 13.5. The van der Waals surface area contributed by atoms with Gasteiger partial charge in [-0.3, -0.25) is 4.98 Å². The minimum absolute atomic E-state index is 0.0186. The molecule has 0 aliphatic heterocycles. The Morgan fingerprint density at radius 2 is 1.94 bits per heavy atom. The zero-order valence-electron chi connectivity index (χ0n) is 8.98. The summed E-state index contributed by atoms with van der Waals surface area (Å²) < 4.78 is 53.9. The monoisotopic (exact) mass is 279 g/mol. The lowest BCUT2D eigenvalue weighted by molar-refractivity contribution is -0.274. The minimum atomic E-state index is -4.87. The van der Waals surface area contributed by atoms with E-state index in [0.29, 0.717) is 5.56 Å². The third-order valence-electron chi connectivity index (χ3n) is 2.27. The first-order valence-electron chi connectivity index (χ1n) is 4.78. The van der Waals surface area contributed by atoms with Crippen molar-refractivity contribution < 1.29 is 22.3 Å². The fourth-order valence-electron chi connectivity index (χ4n) is 1.51. The van der Waals surface area contributed by atoms with Gasteiger partial charge in [-0.05, 0) is 24.6 Å². The SMILES string of the molecule is Cc1cnc2c(OC(F)(F)F)ccc(F)c2c1Cl. The predicted molar refractivity (Wildman–Crippen MR) is 58.1 cm³/mol. The second-order valence-corrected chi connectivity index (χ2v) is 3.95. The molecule has 18 heavy (non-hydrogen) atoms. The molecule has 2 nitrogen and oxygen atoms in total. The molecule has 0 spiro atoms. The van der Waals surface area contributed by atoms with Gasteiger partial charge in [0.05, 0.1) is 10.4 Å². The third kappa shape index (κ3) is 2.33. The molecule has 1 aromatic carbocycles. The number of aromatic nitrogens is 1. The molecule has 0 aliphatic carbocycles. The van der Waals surface area contributed by atoms with Crippen molar-refractivity contribution in [1.29, 1.82) is 0 Å². The summed E-state index contributed by atoms with van der Waals surface area (Å²) in [5.74, 6) is -1.33. The Bertz CT molecular complexity index is 612. The van der Waals surface area contributed by atoms with Crippen molar-refractivity contribution in [2.75, 3.05) is 0 Å². The fourth-order valence-corrected chi connectivity index (χ4v) is 1.74. The number of pyridine rings is 1. The van der Waals surface area contributed by atoms with Crippen LogP contribution in [0.3, 0.4) is 0 Å². The van der Waals surface area contributed by atoms with Gasteiger partial charge >= 0.3 is 6.36 Å². The van der Waals surface area contributed by atoms with E-state index >= 15 is 0 Å². The molecule has 2 aromatic rings. The van der Waals surface area contributed by atoms with Crippen LogP contribution < -0.4 is 4.74 Å². The first kappa shape index (κ1) is 12.9. The topological polar surface area (TPSA) is 22.1 Å². The first-order chi connectivity index (χ1) is 8.29. The molecule has 0 fully saturated rings. The number of nitrogens with zero attached hydrogens (tertiary/aromatic N) is 1. The number of halogens is 5. The number of aryl methyl sites for hydroxylation is 1. The van der Waals surface area contributed by atoms with Gasteiger partial charge in [-0.25, -0.2) is 4.39 Å². The Morgan fingerprint density at radius 1 is 1.28 bits per heavy atom. The summed E-state index contributed by atoms with van der Waals surface area (Å²) in [6.45, 7) is 1.57. The van der Waals surface area contributed by atoms with Crippen molar-refractivity contribution in [1.82, 2.24) is 4.98 Å². The Labute approximate surface area is 104 Å². The van der Waals surface area contributed by atoms with Gasteiger partial charge < -0.3 is 4.74 Å². The highest BCUT2D eigenvalue weighted by Gasteiger charge is 2.32. The molecule has 0 aliphatic rings. The lowest BCUT2D eigenvalue weighted by atomic mass is 10.1. The maximum Gasteiger partial charge on any atom is 0.573 e. The molecule has 0 saturated carbocycles. The number of hydrogen-bond acceptors (Lipinski definition) is 2. The van der Waals surface area contributed by atoms with E-state index in [1.54, 1.807) is 6.92 Å². The Morgan fingerprint density at radius 3 is 2.56 bits per heavy atom. The van der Waals surface area contributed by atoms with Gasteiger partial charge in [0.25, 0.3) is 0 Å². The standard InChI is InChI=1S/C11H6ClF4NO/c1-5-4-17-10-7(18-11(14,15)16)3-2-6(13)8(10)9(5)12/h2-4H,1H3. The van der Waals surface area contributed by atoms with Crippen LogP contribution >= 0.6 is 11.6 Å². The molecule has 7 heteroatoms. The van der Waals surface area contributed by atoms with Gasteiger partial charge in [0.15, 0.2) is 5.75 Å². The molecular weight excluding hydrogens is 274 g/mol. The number of rotatable bonds is 1. The molecule has 0 bridgehead atoms. The molecule has 0 radical (unpaired) electrons. The normalized spacial score (nSPS) is 11.9. The van der Waals surface area contributed by atoms with Crippen molar-refractivity contribution in [2.45, 2.75) is 13.3 Å². The van der Waals surface area contributed by atoms with Crippen LogP contribution in [0.4, 0.5) is 17.6 Å². The molecule has 0 N–H and O–H groups in total. The van der Waals surface area contributed by atoms with Crippen LogP contribution in [0.25, 0.3) is 10.9 Å². The van der Waals surface area contributed by atoms with Crippen molar-refractivity contribution in [3.63, 3.8) is 0 Å². The van der Waals surface area contributed by atoms with E-state index in [-0.39, 0.29) is 15.9 Å². The Hall–Kier alpha value is -1.56. The van der Waals surface area contributed by atoms with Gasteiger partial charge in [0.2, 0.25) is 0 Å². The van der Waals surface area contributed by atoms with Crippen LogP contribution in [0.1, 0.15) is 5.56 Å². The highest BCUT2D eigenvalue weighted by Crippen LogP contribution is 2.35. The van der Waals surface area contributed by atoms with Gasteiger partial charge in [0.1, 0.15) is 11.3 Å². The van der Waals surface area contributed by atoms with Crippen LogP contribution in [-0.2, 0) is 0 Å². The molecule has 0 amide bonds. The molecular formula is C11H6ClF4NO. The summed E-state index contributed by atoms with van der Waals surface area (Å²) in [5.41, 5.74) is 0.204. The van der Waals surface area contributed by atoms with E-state index in [1.807, 2.05) is 0 Å². The third-order valence-corrected chi connectivity index (χ3v) is 2.76. The zero-order valence-corrected chi connectivity index (χ0v) is 9.73. The van der Waals surface area contributed by atoms with Crippen LogP contribution in [-0.4, -0.2) is 11.3 Å². The Kier molecular flexibility index (Phi) is 3.06. The lowest BCUT2D eigenvalue weighted by Gasteiger charge is -2.12. The van der Waals surface area contributed by atoms with Crippen LogP contribution in [0, 0.1) is 12.7 Å². The molecule has 0 unspecified atom stereocenters. The number of ether oxygens (including phenoxy) is 1. The number of fused-ring (bicyclic) bond motifs is 1. The number of alkyl halides is 3. The highest BCUT2D eigenvalue weighted by atomic mass is 35.5. The summed E-state index contributed by atoms with van der Waals surface area (Å²) in [7, 11) is 0. The largest absolute Gasteiger partial charge is 0.573 e. The van der Waals surface area contributed by atoms with Crippen molar-refractivity contribution in [3.8, 4) is 5.75 Å². The fraction of sp³-hybridized carbons (Fsp3) is 0.182. The van der Waals surface area contributed by atoms with E-state index in [2.05, 4.69) is 9.72 Å². The summed E-state index contributed by atoms with van der Waals surface area (Å²) in [6.07, 6.45) is -3.61. The van der Waals surface area contributed by atoms with Crippen LogP contribution in [0.5, 0.6) is 5.75 Å². The van der Waals surface area contributed by atoms with E-state index < -0.39 is 17.9 Å². The van der Waals surface area contributed by atoms with Gasteiger partial charge in [0, 0.05) is 6.20 Å². The Balaban J connectivity index is 2.72. The predicted octanol–water partition coefficient (Wildman–Crippen LogP) is 4.23. The van der Waals surface area contributed by atoms with Crippen LogP contribution in [0.2, 0.25) is 5.02 Å². The number of hydrogen-bond donors (Lipinski definition) is 0. The van der Waals surface area contributed by atoms with Gasteiger partial charge in [-0.15, -0.1) is 13.2 Å². The molecule has 2 rings (SSSR count). The molecule has 1 heterocycles. The van der Waals surface area contributed by atoms with Gasteiger partial charge in [-0.1, -0.05) is 11.6 Å². The van der Waals surface area contributed by atoms with Crippen molar-refractivity contribution in [3.05, 3.63) is 34.7 Å². The summed E-state index contributed by atoms with van der Waals surface area (Å²) in [4.78, 5) is 3.74. The molecule has 0 saturated heterocycles. The summed E-state index contributed by atoms with van der Waals surface area (Å²) in [6, 6.07) is 1.72. The average molecular weight is 280 g/mol. The van der Waals surface area contributed by atoms with Crippen LogP contribution in [0.15, 0.2) is 18.3 Å². The second-order valence-electron chi connectivity index (χ2n) is 3.57. The summed E-state index contributed by atoms with van der Waals surface area (Å²) >= 11 is 5.86. The van der Waals surface area contributed by atoms with Crippen molar-refractivity contribution >= 4 is 22.5 Å². The molecule has 96 valence electrons. The van der Waals surface area contributed by atoms with Crippen molar-refractivity contribution in [2.24, 2.45) is 0 Å². The maximum atomic E-state index is 13.6.